The molecule has 0 aromatic heterocycles. The van der Waals surface area contributed by atoms with Gasteiger partial charge < -0.3 is 15.7 Å². The van der Waals surface area contributed by atoms with Gasteiger partial charge in [-0.05, 0) is 52.9 Å². The third kappa shape index (κ3) is 7.47. The second kappa shape index (κ2) is 9.04. The van der Waals surface area contributed by atoms with Crippen LogP contribution in [0.15, 0.2) is 27.1 Å². The van der Waals surface area contributed by atoms with Crippen molar-refractivity contribution >= 4 is 49.5 Å². The van der Waals surface area contributed by atoms with Crippen molar-refractivity contribution in [2.24, 2.45) is 5.92 Å². The van der Waals surface area contributed by atoms with Gasteiger partial charge in [-0.15, -0.1) is 0 Å². The van der Waals surface area contributed by atoms with E-state index < -0.39 is 5.97 Å². The van der Waals surface area contributed by atoms with Gasteiger partial charge in [-0.2, -0.15) is 0 Å². The zero-order valence-corrected chi connectivity index (χ0v) is 14.8. The Morgan fingerprint density at radius 2 is 2.00 bits per heavy atom. The van der Waals surface area contributed by atoms with E-state index in [1.165, 1.54) is 0 Å². The maximum absolute atomic E-state index is 11.7. The Kier molecular flexibility index (Phi) is 7.74. The monoisotopic (exact) mass is 420 g/mol. The third-order valence-corrected chi connectivity index (χ3v) is 4.10. The molecule has 1 unspecified atom stereocenters. The lowest BCUT2D eigenvalue weighted by Gasteiger charge is -2.12. The van der Waals surface area contributed by atoms with E-state index in [-0.39, 0.29) is 18.4 Å². The molecule has 0 aliphatic rings. The first-order valence-corrected chi connectivity index (χ1v) is 8.18. The molecule has 0 fully saturated rings. The third-order valence-electron chi connectivity index (χ3n) is 2.95. The molecular weight excluding hydrogens is 404 g/mol. The minimum Gasteiger partial charge on any atom is -0.481 e. The van der Waals surface area contributed by atoms with Gasteiger partial charge in [0, 0.05) is 21.9 Å². The number of carbonyl (C=O) groups is 2. The smallest absolute Gasteiger partial charge is 0.319 e. The minimum absolute atomic E-state index is 0.166. The number of hydrogen-bond acceptors (Lipinski definition) is 2. The highest BCUT2D eigenvalue weighted by Gasteiger charge is 2.08. The van der Waals surface area contributed by atoms with Gasteiger partial charge in [-0.25, -0.2) is 4.79 Å². The Hall–Kier alpha value is -1.08. The van der Waals surface area contributed by atoms with Crippen LogP contribution in [-0.4, -0.2) is 23.7 Å². The molecule has 0 radical (unpaired) electrons. The summed E-state index contributed by atoms with van der Waals surface area (Å²) < 4.78 is 1.72. The van der Waals surface area contributed by atoms with E-state index >= 15 is 0 Å². The first-order chi connectivity index (χ1) is 9.88. The largest absolute Gasteiger partial charge is 0.481 e. The van der Waals surface area contributed by atoms with E-state index in [4.69, 9.17) is 5.11 Å². The van der Waals surface area contributed by atoms with Gasteiger partial charge in [-0.3, -0.25) is 4.79 Å². The Morgan fingerprint density at radius 1 is 1.29 bits per heavy atom. The number of carbonyl (C=O) groups excluding carboxylic acids is 1. The molecule has 0 aliphatic carbocycles. The molecule has 0 bridgehead atoms. The topological polar surface area (TPSA) is 78.4 Å². The number of carboxylic acids is 1. The SMILES string of the molecule is CC(CCNC(=O)Nc1ccc(Br)cc1Br)CCC(=O)O. The molecule has 21 heavy (non-hydrogen) atoms. The summed E-state index contributed by atoms with van der Waals surface area (Å²) in [5.41, 5.74) is 0.689. The highest BCUT2D eigenvalue weighted by atomic mass is 79.9. The molecule has 116 valence electrons. The Balaban J connectivity index is 2.29. The van der Waals surface area contributed by atoms with E-state index in [2.05, 4.69) is 42.5 Å². The maximum atomic E-state index is 11.7. The van der Waals surface area contributed by atoms with Crippen LogP contribution in [0, 0.1) is 5.92 Å². The number of nitrogens with one attached hydrogen (secondary N) is 2. The lowest BCUT2D eigenvalue weighted by Crippen LogP contribution is -2.30. The minimum atomic E-state index is -0.785. The Bertz CT molecular complexity index is 509. The van der Waals surface area contributed by atoms with Crippen molar-refractivity contribution in [2.45, 2.75) is 26.2 Å². The lowest BCUT2D eigenvalue weighted by atomic mass is 10.0. The van der Waals surface area contributed by atoms with Crippen LogP contribution in [0.25, 0.3) is 0 Å². The van der Waals surface area contributed by atoms with Gasteiger partial charge in [0.1, 0.15) is 0 Å². The maximum Gasteiger partial charge on any atom is 0.319 e. The number of benzene rings is 1. The zero-order valence-electron chi connectivity index (χ0n) is 11.7. The number of hydrogen-bond donors (Lipinski definition) is 3. The van der Waals surface area contributed by atoms with Crippen LogP contribution in [0.1, 0.15) is 26.2 Å². The molecule has 0 spiro atoms. The van der Waals surface area contributed by atoms with E-state index in [1.54, 1.807) is 6.07 Å². The highest BCUT2D eigenvalue weighted by molar-refractivity contribution is 9.11. The van der Waals surface area contributed by atoms with Crippen LogP contribution < -0.4 is 10.6 Å². The number of anilines is 1. The number of urea groups is 1. The molecule has 0 saturated carbocycles. The van der Waals surface area contributed by atoms with Gasteiger partial charge in [-0.1, -0.05) is 22.9 Å². The average Bonchev–Trinajstić information content (AvgIpc) is 2.39. The fourth-order valence-corrected chi connectivity index (χ4v) is 2.85. The standard InChI is InChI=1S/C14H18Br2N2O3/c1-9(2-5-13(19)20)6-7-17-14(21)18-12-4-3-10(15)8-11(12)16/h3-4,8-9H,2,5-7H2,1H3,(H,19,20)(H2,17,18,21). The van der Waals surface area contributed by atoms with Crippen molar-refractivity contribution in [3.8, 4) is 0 Å². The summed E-state index contributed by atoms with van der Waals surface area (Å²) in [6, 6.07) is 5.21. The Morgan fingerprint density at radius 3 is 2.62 bits per heavy atom. The van der Waals surface area contributed by atoms with Crippen molar-refractivity contribution < 1.29 is 14.7 Å². The molecule has 0 heterocycles. The predicted molar refractivity (Wildman–Crippen MR) is 89.5 cm³/mol. The molecule has 0 saturated heterocycles. The molecule has 1 rings (SSSR count). The molecule has 0 aliphatic heterocycles. The van der Waals surface area contributed by atoms with E-state index in [0.717, 1.165) is 15.4 Å². The number of halogens is 2. The fraction of sp³-hybridized carbons (Fsp3) is 0.429. The van der Waals surface area contributed by atoms with Crippen LogP contribution in [0.2, 0.25) is 0 Å². The molecule has 1 atom stereocenters. The number of carboxylic acid groups (broad SMARTS) is 1. The van der Waals surface area contributed by atoms with Crippen LogP contribution in [0.3, 0.4) is 0 Å². The van der Waals surface area contributed by atoms with Gasteiger partial charge in [0.05, 0.1) is 5.69 Å². The normalized spacial score (nSPS) is 11.8. The van der Waals surface area contributed by atoms with Crippen LogP contribution in [0.4, 0.5) is 10.5 Å². The first kappa shape index (κ1) is 18.0. The second-order valence-electron chi connectivity index (χ2n) is 4.83. The van der Waals surface area contributed by atoms with Gasteiger partial charge in [0.25, 0.3) is 0 Å². The molecule has 7 heteroatoms. The van der Waals surface area contributed by atoms with E-state index in [0.29, 0.717) is 18.7 Å². The van der Waals surface area contributed by atoms with E-state index in [1.807, 2.05) is 19.1 Å². The molecule has 1 aromatic rings. The summed E-state index contributed by atoms with van der Waals surface area (Å²) in [6.45, 7) is 2.49. The van der Waals surface area contributed by atoms with Crippen LogP contribution >= 0.6 is 31.9 Å². The number of rotatable bonds is 7. The van der Waals surface area contributed by atoms with Crippen molar-refractivity contribution in [3.63, 3.8) is 0 Å². The summed E-state index contributed by atoms with van der Waals surface area (Å²) in [4.78, 5) is 22.2. The quantitative estimate of drug-likeness (QED) is 0.616. The molecule has 5 nitrogen and oxygen atoms in total. The predicted octanol–water partition coefficient (Wildman–Crippen LogP) is 4.22. The average molecular weight is 422 g/mol. The van der Waals surface area contributed by atoms with Gasteiger partial charge >= 0.3 is 12.0 Å². The Labute approximate surface area is 140 Å². The van der Waals surface area contributed by atoms with Gasteiger partial charge in [0.2, 0.25) is 0 Å². The summed E-state index contributed by atoms with van der Waals surface area (Å²) in [5, 5.41) is 14.1. The van der Waals surface area contributed by atoms with Crippen LogP contribution in [-0.2, 0) is 4.79 Å². The molecule has 1 aromatic carbocycles. The molecular formula is C14H18Br2N2O3. The van der Waals surface area contributed by atoms with Crippen molar-refractivity contribution in [1.82, 2.24) is 5.32 Å². The highest BCUT2D eigenvalue weighted by Crippen LogP contribution is 2.25. The lowest BCUT2D eigenvalue weighted by molar-refractivity contribution is -0.137. The van der Waals surface area contributed by atoms with Crippen molar-refractivity contribution in [1.29, 1.82) is 0 Å². The zero-order chi connectivity index (χ0) is 15.8. The van der Waals surface area contributed by atoms with E-state index in [9.17, 15) is 9.59 Å². The van der Waals surface area contributed by atoms with Crippen LogP contribution in [0.5, 0.6) is 0 Å². The first-order valence-electron chi connectivity index (χ1n) is 6.60. The second-order valence-corrected chi connectivity index (χ2v) is 6.60. The fourth-order valence-electron chi connectivity index (χ4n) is 1.70. The van der Waals surface area contributed by atoms with Crippen molar-refractivity contribution in [3.05, 3.63) is 27.1 Å². The summed E-state index contributed by atoms with van der Waals surface area (Å²) in [5.74, 6) is -0.520. The molecule has 3 N–H and O–H groups in total. The number of aliphatic carboxylic acids is 1. The summed E-state index contributed by atoms with van der Waals surface area (Å²) >= 11 is 6.72. The summed E-state index contributed by atoms with van der Waals surface area (Å²) in [6.07, 6.45) is 1.54. The molecule has 2 amide bonds. The van der Waals surface area contributed by atoms with Gasteiger partial charge in [0.15, 0.2) is 0 Å². The summed E-state index contributed by atoms with van der Waals surface area (Å²) in [7, 11) is 0. The number of amides is 2. The van der Waals surface area contributed by atoms with Crippen molar-refractivity contribution in [2.75, 3.05) is 11.9 Å².